The lowest BCUT2D eigenvalue weighted by atomic mass is 10.2. The van der Waals surface area contributed by atoms with Crippen molar-refractivity contribution in [1.29, 1.82) is 0 Å². The molecular formula is C19H16IN3O2. The Bertz CT molecular complexity index is 882. The number of nitrogens with zero attached hydrogens (tertiary/aromatic N) is 1. The number of nitrogen functional groups attached to an aromatic ring is 1. The summed E-state index contributed by atoms with van der Waals surface area (Å²) in [4.78, 5) is 16.0. The first-order valence-corrected chi connectivity index (χ1v) is 8.71. The molecule has 3 rings (SSSR count). The quantitative estimate of drug-likeness (QED) is 0.583. The molecular weight excluding hydrogens is 429 g/mol. The molecule has 6 heteroatoms. The maximum Gasteiger partial charge on any atom is 0.255 e. The third-order valence-corrected chi connectivity index (χ3v) is 4.42. The van der Waals surface area contributed by atoms with Gasteiger partial charge in [-0.05, 0) is 64.6 Å². The van der Waals surface area contributed by atoms with Gasteiger partial charge in [-0.15, -0.1) is 0 Å². The third kappa shape index (κ3) is 4.48. The molecule has 0 fully saturated rings. The summed E-state index contributed by atoms with van der Waals surface area (Å²) >= 11 is 2.23. The molecule has 25 heavy (non-hydrogen) atoms. The van der Waals surface area contributed by atoms with Gasteiger partial charge in [0.25, 0.3) is 5.91 Å². The summed E-state index contributed by atoms with van der Waals surface area (Å²) in [6, 6.07) is 18.7. The zero-order valence-electron chi connectivity index (χ0n) is 13.3. The van der Waals surface area contributed by atoms with Crippen LogP contribution in [0.3, 0.4) is 0 Å². The number of carbonyl (C=O) groups excluding carboxylic acids is 1. The summed E-state index contributed by atoms with van der Waals surface area (Å²) in [5.74, 6) is 1.54. The van der Waals surface area contributed by atoms with Gasteiger partial charge in [-0.1, -0.05) is 24.3 Å². The highest BCUT2D eigenvalue weighted by atomic mass is 127. The Kier molecular flexibility index (Phi) is 5.49. The van der Waals surface area contributed by atoms with Gasteiger partial charge >= 0.3 is 0 Å². The number of hydrogen-bond donors (Lipinski definition) is 2. The van der Waals surface area contributed by atoms with Crippen molar-refractivity contribution in [2.75, 3.05) is 5.73 Å². The first kappa shape index (κ1) is 17.2. The Labute approximate surface area is 159 Å². The molecule has 3 N–H and O–H groups in total. The second-order valence-electron chi connectivity index (χ2n) is 5.30. The van der Waals surface area contributed by atoms with Gasteiger partial charge in [-0.3, -0.25) is 4.79 Å². The third-order valence-electron chi connectivity index (χ3n) is 3.52. The lowest BCUT2D eigenvalue weighted by molar-refractivity contribution is 0.0951. The van der Waals surface area contributed by atoms with Crippen LogP contribution in [0.2, 0.25) is 0 Å². The fourth-order valence-electron chi connectivity index (χ4n) is 2.22. The number of hydrogen-bond acceptors (Lipinski definition) is 4. The number of amides is 1. The van der Waals surface area contributed by atoms with E-state index >= 15 is 0 Å². The van der Waals surface area contributed by atoms with E-state index in [1.807, 2.05) is 48.5 Å². The van der Waals surface area contributed by atoms with E-state index in [0.29, 0.717) is 12.1 Å². The molecule has 0 bridgehead atoms. The van der Waals surface area contributed by atoms with Crippen LogP contribution in [0.15, 0.2) is 66.9 Å². The molecule has 0 saturated heterocycles. The first-order chi connectivity index (χ1) is 12.1. The molecule has 0 aliphatic rings. The van der Waals surface area contributed by atoms with E-state index < -0.39 is 0 Å². The van der Waals surface area contributed by atoms with E-state index in [4.69, 9.17) is 10.5 Å². The number of rotatable bonds is 5. The molecule has 5 nitrogen and oxygen atoms in total. The minimum Gasteiger partial charge on any atom is -0.456 e. The number of nitrogens with one attached hydrogen (secondary N) is 1. The van der Waals surface area contributed by atoms with Crippen LogP contribution in [0.4, 0.5) is 5.82 Å². The molecule has 2 aromatic carbocycles. The predicted octanol–water partition coefficient (Wildman–Crippen LogP) is 3.99. The van der Waals surface area contributed by atoms with Crippen LogP contribution < -0.4 is 15.8 Å². The van der Waals surface area contributed by atoms with Gasteiger partial charge in [0, 0.05) is 12.7 Å². The van der Waals surface area contributed by atoms with Crippen LogP contribution in [0.1, 0.15) is 15.9 Å². The summed E-state index contributed by atoms with van der Waals surface area (Å²) in [5.41, 5.74) is 7.05. The monoisotopic (exact) mass is 445 g/mol. The second-order valence-corrected chi connectivity index (χ2v) is 6.46. The Balaban J connectivity index is 1.60. The number of carbonyl (C=O) groups is 1. The summed E-state index contributed by atoms with van der Waals surface area (Å²) in [7, 11) is 0. The normalized spacial score (nSPS) is 10.3. The van der Waals surface area contributed by atoms with Crippen molar-refractivity contribution in [3.8, 4) is 11.5 Å². The number of anilines is 1. The molecule has 0 atom stereocenters. The smallest absolute Gasteiger partial charge is 0.255 e. The van der Waals surface area contributed by atoms with Crippen LogP contribution in [0.5, 0.6) is 11.5 Å². The number of ether oxygens (including phenoxy) is 1. The van der Waals surface area contributed by atoms with Gasteiger partial charge in [0.15, 0.2) is 0 Å². The van der Waals surface area contributed by atoms with E-state index in [1.54, 1.807) is 18.3 Å². The van der Waals surface area contributed by atoms with Crippen LogP contribution in [0.25, 0.3) is 0 Å². The van der Waals surface area contributed by atoms with Crippen molar-refractivity contribution in [3.05, 3.63) is 81.6 Å². The summed E-state index contributed by atoms with van der Waals surface area (Å²) < 4.78 is 6.90. The molecule has 1 amide bonds. The number of halogens is 1. The second kappa shape index (κ2) is 7.98. The minimum atomic E-state index is -0.246. The zero-order valence-corrected chi connectivity index (χ0v) is 15.4. The molecule has 0 unspecified atom stereocenters. The number of para-hydroxylation sites is 1. The fraction of sp³-hybridized carbons (Fsp3) is 0.0526. The summed E-state index contributed by atoms with van der Waals surface area (Å²) in [6.07, 6.45) is 1.55. The molecule has 0 saturated carbocycles. The fourth-order valence-corrected chi connectivity index (χ4v) is 2.71. The molecule has 0 spiro atoms. The van der Waals surface area contributed by atoms with Gasteiger partial charge in [0.2, 0.25) is 0 Å². The molecule has 0 radical (unpaired) electrons. The maximum atomic E-state index is 12.1. The molecule has 1 heterocycles. The van der Waals surface area contributed by atoms with E-state index in [1.165, 1.54) is 0 Å². The highest BCUT2D eigenvalue weighted by molar-refractivity contribution is 14.1. The lowest BCUT2D eigenvalue weighted by Gasteiger charge is -2.09. The van der Waals surface area contributed by atoms with E-state index in [0.717, 1.165) is 20.6 Å². The van der Waals surface area contributed by atoms with Crippen LogP contribution in [-0.2, 0) is 6.54 Å². The SMILES string of the molecule is Nc1ncccc1C(=O)NCc1ccc(Oc2ccccc2I)cc1. The van der Waals surface area contributed by atoms with Crippen LogP contribution >= 0.6 is 22.6 Å². The molecule has 0 aliphatic carbocycles. The maximum absolute atomic E-state index is 12.1. The number of aromatic nitrogens is 1. The number of benzene rings is 2. The Morgan fingerprint density at radius 2 is 1.84 bits per heavy atom. The predicted molar refractivity (Wildman–Crippen MR) is 105 cm³/mol. The summed E-state index contributed by atoms with van der Waals surface area (Å²) in [6.45, 7) is 0.399. The van der Waals surface area contributed by atoms with Crippen LogP contribution in [0, 0.1) is 3.57 Å². The van der Waals surface area contributed by atoms with Crippen molar-refractivity contribution < 1.29 is 9.53 Å². The number of pyridine rings is 1. The van der Waals surface area contributed by atoms with E-state index in [-0.39, 0.29) is 11.7 Å². The van der Waals surface area contributed by atoms with E-state index in [9.17, 15) is 4.79 Å². The number of nitrogens with two attached hydrogens (primary N) is 1. The first-order valence-electron chi connectivity index (χ1n) is 7.63. The van der Waals surface area contributed by atoms with E-state index in [2.05, 4.69) is 32.9 Å². The van der Waals surface area contributed by atoms with Crippen molar-refractivity contribution in [3.63, 3.8) is 0 Å². The van der Waals surface area contributed by atoms with Gasteiger partial charge in [0.1, 0.15) is 17.3 Å². The zero-order chi connectivity index (χ0) is 17.6. The molecule has 1 aromatic heterocycles. The highest BCUT2D eigenvalue weighted by Gasteiger charge is 2.09. The minimum absolute atomic E-state index is 0.223. The average molecular weight is 445 g/mol. The lowest BCUT2D eigenvalue weighted by Crippen LogP contribution is -2.24. The Morgan fingerprint density at radius 1 is 1.08 bits per heavy atom. The van der Waals surface area contributed by atoms with Gasteiger partial charge in [-0.25, -0.2) is 4.98 Å². The standard InChI is InChI=1S/C19H16IN3O2/c20-16-5-1-2-6-17(16)25-14-9-7-13(8-10-14)12-23-19(24)15-4-3-11-22-18(15)21/h1-11H,12H2,(H2,21,22)(H,23,24). The van der Waals surface area contributed by atoms with Crippen molar-refractivity contribution >= 4 is 34.3 Å². The molecule has 126 valence electrons. The summed E-state index contributed by atoms with van der Waals surface area (Å²) in [5, 5.41) is 2.83. The van der Waals surface area contributed by atoms with Crippen molar-refractivity contribution in [2.24, 2.45) is 0 Å². The molecule has 0 aliphatic heterocycles. The Hall–Kier alpha value is -2.61. The average Bonchev–Trinajstić information content (AvgIpc) is 2.63. The van der Waals surface area contributed by atoms with Crippen molar-refractivity contribution in [1.82, 2.24) is 10.3 Å². The largest absolute Gasteiger partial charge is 0.456 e. The van der Waals surface area contributed by atoms with Gasteiger partial charge in [0.05, 0.1) is 9.13 Å². The van der Waals surface area contributed by atoms with Gasteiger partial charge in [-0.2, -0.15) is 0 Å². The highest BCUT2D eigenvalue weighted by Crippen LogP contribution is 2.26. The van der Waals surface area contributed by atoms with Crippen LogP contribution in [-0.4, -0.2) is 10.9 Å². The molecule has 3 aromatic rings. The van der Waals surface area contributed by atoms with Crippen molar-refractivity contribution in [2.45, 2.75) is 6.54 Å². The van der Waals surface area contributed by atoms with Gasteiger partial charge < -0.3 is 15.8 Å². The Morgan fingerprint density at radius 3 is 2.56 bits per heavy atom. The topological polar surface area (TPSA) is 77.2 Å².